The number of aromatic nitrogens is 3. The van der Waals surface area contributed by atoms with E-state index in [4.69, 9.17) is 11.6 Å². The number of rotatable bonds is 6. The van der Waals surface area contributed by atoms with E-state index >= 15 is 0 Å². The minimum absolute atomic E-state index is 0.0109. The highest BCUT2D eigenvalue weighted by Gasteiger charge is 2.18. The summed E-state index contributed by atoms with van der Waals surface area (Å²) in [6, 6.07) is 4.51. The van der Waals surface area contributed by atoms with Crippen LogP contribution in [-0.4, -0.2) is 57.8 Å². The van der Waals surface area contributed by atoms with Crippen LogP contribution in [0.25, 0.3) is 0 Å². The first kappa shape index (κ1) is 20.4. The molecule has 27 heavy (non-hydrogen) atoms. The van der Waals surface area contributed by atoms with Gasteiger partial charge in [-0.25, -0.2) is 4.68 Å². The predicted octanol–water partition coefficient (Wildman–Crippen LogP) is 1.41. The first-order chi connectivity index (χ1) is 12.7. The van der Waals surface area contributed by atoms with E-state index in [-0.39, 0.29) is 41.3 Å². The molecule has 0 bridgehead atoms. The molecular weight excluding hydrogens is 372 g/mol. The van der Waals surface area contributed by atoms with Crippen molar-refractivity contribution < 1.29 is 14.4 Å². The fourth-order valence-corrected chi connectivity index (χ4v) is 2.28. The molecule has 0 saturated carbocycles. The van der Waals surface area contributed by atoms with E-state index in [9.17, 15) is 14.4 Å². The molecule has 0 spiro atoms. The van der Waals surface area contributed by atoms with Crippen molar-refractivity contribution >= 4 is 35.0 Å². The fourth-order valence-electron chi connectivity index (χ4n) is 2.10. The number of amides is 3. The first-order valence-electron chi connectivity index (χ1n) is 8.19. The van der Waals surface area contributed by atoms with E-state index in [1.807, 2.05) is 13.8 Å². The highest BCUT2D eigenvalue weighted by Crippen LogP contribution is 2.22. The van der Waals surface area contributed by atoms with Crippen LogP contribution in [0.2, 0.25) is 5.02 Å². The molecule has 1 heterocycles. The molecule has 0 radical (unpaired) electrons. The third-order valence-corrected chi connectivity index (χ3v) is 3.70. The third-order valence-electron chi connectivity index (χ3n) is 3.46. The number of hydrogen-bond donors (Lipinski definition) is 2. The largest absolute Gasteiger partial charge is 0.350 e. The topological polar surface area (TPSA) is 109 Å². The van der Waals surface area contributed by atoms with Crippen molar-refractivity contribution in [3.63, 3.8) is 0 Å². The number of benzene rings is 1. The van der Waals surface area contributed by atoms with Crippen molar-refractivity contribution in [2.45, 2.75) is 26.4 Å². The van der Waals surface area contributed by atoms with Crippen LogP contribution in [0.4, 0.5) is 5.69 Å². The minimum Gasteiger partial charge on any atom is -0.350 e. The van der Waals surface area contributed by atoms with Gasteiger partial charge >= 0.3 is 0 Å². The van der Waals surface area contributed by atoms with Gasteiger partial charge in [-0.1, -0.05) is 16.8 Å². The molecule has 3 amide bonds. The van der Waals surface area contributed by atoms with Crippen molar-refractivity contribution in [2.24, 2.45) is 0 Å². The number of anilines is 1. The third kappa shape index (κ3) is 5.52. The summed E-state index contributed by atoms with van der Waals surface area (Å²) in [5.74, 6) is -1.09. The normalized spacial score (nSPS) is 10.6. The van der Waals surface area contributed by atoms with Gasteiger partial charge in [0.05, 0.1) is 17.4 Å². The molecule has 0 aliphatic heterocycles. The average molecular weight is 393 g/mol. The minimum atomic E-state index is -0.570. The lowest BCUT2D eigenvalue weighted by Crippen LogP contribution is -2.31. The summed E-state index contributed by atoms with van der Waals surface area (Å²) < 4.78 is 1.27. The fraction of sp³-hybridized carbons (Fsp3) is 0.353. The molecule has 1 aromatic heterocycles. The molecule has 0 atom stereocenters. The van der Waals surface area contributed by atoms with Gasteiger partial charge in [-0.3, -0.25) is 14.4 Å². The van der Waals surface area contributed by atoms with Gasteiger partial charge in [0, 0.05) is 25.2 Å². The predicted molar refractivity (Wildman–Crippen MR) is 101 cm³/mol. The molecule has 0 fully saturated rings. The van der Waals surface area contributed by atoms with Gasteiger partial charge in [-0.15, -0.1) is 5.10 Å². The number of likely N-dealkylation sites (N-methyl/N-ethyl adjacent to an activating group) is 1. The van der Waals surface area contributed by atoms with Gasteiger partial charge in [0.25, 0.3) is 11.8 Å². The summed E-state index contributed by atoms with van der Waals surface area (Å²) in [7, 11) is 3.24. The van der Waals surface area contributed by atoms with Crippen LogP contribution in [-0.2, 0) is 11.3 Å². The lowest BCUT2D eigenvalue weighted by atomic mass is 10.1. The Morgan fingerprint density at radius 2 is 1.93 bits per heavy atom. The van der Waals surface area contributed by atoms with Crippen molar-refractivity contribution in [1.82, 2.24) is 25.2 Å². The molecule has 0 aliphatic rings. The van der Waals surface area contributed by atoms with E-state index in [2.05, 4.69) is 20.9 Å². The Hall–Kier alpha value is -2.94. The molecule has 9 nitrogen and oxygen atoms in total. The average Bonchev–Trinajstić information content (AvgIpc) is 3.02. The monoisotopic (exact) mass is 392 g/mol. The maximum Gasteiger partial charge on any atom is 0.277 e. The van der Waals surface area contributed by atoms with Crippen LogP contribution < -0.4 is 10.6 Å². The smallest absolute Gasteiger partial charge is 0.277 e. The van der Waals surface area contributed by atoms with Crippen molar-refractivity contribution in [3.05, 3.63) is 40.7 Å². The number of nitrogens with zero attached hydrogens (tertiary/aromatic N) is 4. The Kier molecular flexibility index (Phi) is 6.51. The molecule has 2 rings (SSSR count). The van der Waals surface area contributed by atoms with E-state index in [0.717, 1.165) is 0 Å². The number of carbonyl (C=O) groups is 3. The van der Waals surface area contributed by atoms with Crippen molar-refractivity contribution in [1.29, 1.82) is 0 Å². The molecule has 2 aromatic rings. The van der Waals surface area contributed by atoms with Crippen LogP contribution in [0.1, 0.15) is 34.7 Å². The summed E-state index contributed by atoms with van der Waals surface area (Å²) in [6.45, 7) is 3.63. The summed E-state index contributed by atoms with van der Waals surface area (Å²) in [5, 5.41) is 13.3. The highest BCUT2D eigenvalue weighted by atomic mass is 35.5. The Labute approximate surface area is 161 Å². The Morgan fingerprint density at radius 1 is 1.22 bits per heavy atom. The Balaban J connectivity index is 2.18. The summed E-state index contributed by atoms with van der Waals surface area (Å²) in [5.41, 5.74) is 0.540. The molecule has 10 heteroatoms. The molecular formula is C17H21ClN6O3. The second-order valence-corrected chi connectivity index (χ2v) is 6.80. The first-order valence-corrected chi connectivity index (χ1v) is 8.57. The van der Waals surface area contributed by atoms with Gasteiger partial charge < -0.3 is 15.5 Å². The molecule has 2 N–H and O–H groups in total. The van der Waals surface area contributed by atoms with E-state index in [1.165, 1.54) is 27.9 Å². The van der Waals surface area contributed by atoms with Crippen LogP contribution in [0, 0.1) is 0 Å². The van der Waals surface area contributed by atoms with E-state index in [0.29, 0.717) is 5.02 Å². The molecule has 0 unspecified atom stereocenters. The van der Waals surface area contributed by atoms with Crippen LogP contribution in [0.5, 0.6) is 0 Å². The molecule has 0 saturated heterocycles. The van der Waals surface area contributed by atoms with Crippen LogP contribution in [0.15, 0.2) is 24.4 Å². The summed E-state index contributed by atoms with van der Waals surface area (Å²) >= 11 is 5.99. The lowest BCUT2D eigenvalue weighted by Gasteiger charge is -2.13. The van der Waals surface area contributed by atoms with Gasteiger partial charge in [0.15, 0.2) is 5.69 Å². The standard InChI is InChI=1S/C17H21ClN6O3/c1-10(2)19-16(26)12-6-5-11(18)7-13(12)20-17(27)14-8-24(22-21-14)9-15(25)23(3)4/h5-8,10H,9H2,1-4H3,(H,19,26)(H,20,27). The van der Waals surface area contributed by atoms with Gasteiger partial charge in [0.2, 0.25) is 5.91 Å². The van der Waals surface area contributed by atoms with Gasteiger partial charge in [0.1, 0.15) is 6.54 Å². The van der Waals surface area contributed by atoms with Gasteiger partial charge in [-0.05, 0) is 32.0 Å². The van der Waals surface area contributed by atoms with Gasteiger partial charge in [-0.2, -0.15) is 0 Å². The summed E-state index contributed by atoms with van der Waals surface area (Å²) in [6.07, 6.45) is 1.36. The quantitative estimate of drug-likeness (QED) is 0.772. The maximum atomic E-state index is 12.5. The Morgan fingerprint density at radius 3 is 2.56 bits per heavy atom. The number of hydrogen-bond acceptors (Lipinski definition) is 5. The van der Waals surface area contributed by atoms with Crippen LogP contribution >= 0.6 is 11.6 Å². The lowest BCUT2D eigenvalue weighted by molar-refractivity contribution is -0.129. The molecule has 144 valence electrons. The zero-order valence-corrected chi connectivity index (χ0v) is 16.2. The van der Waals surface area contributed by atoms with Crippen molar-refractivity contribution in [3.8, 4) is 0 Å². The zero-order chi connectivity index (χ0) is 20.1. The van der Waals surface area contributed by atoms with E-state index in [1.54, 1.807) is 20.2 Å². The molecule has 0 aliphatic carbocycles. The van der Waals surface area contributed by atoms with Crippen molar-refractivity contribution in [2.75, 3.05) is 19.4 Å². The second kappa shape index (κ2) is 8.63. The summed E-state index contributed by atoms with van der Waals surface area (Å²) in [4.78, 5) is 37.9. The number of halogens is 1. The van der Waals surface area contributed by atoms with E-state index < -0.39 is 5.91 Å². The Bertz CT molecular complexity index is 862. The second-order valence-electron chi connectivity index (χ2n) is 6.36. The SMILES string of the molecule is CC(C)NC(=O)c1ccc(Cl)cc1NC(=O)c1cn(CC(=O)N(C)C)nn1. The number of nitrogens with one attached hydrogen (secondary N) is 2. The highest BCUT2D eigenvalue weighted by molar-refractivity contribution is 6.31. The zero-order valence-electron chi connectivity index (χ0n) is 15.5. The van der Waals surface area contributed by atoms with Crippen LogP contribution in [0.3, 0.4) is 0 Å². The molecule has 1 aromatic carbocycles. The number of carbonyl (C=O) groups excluding carboxylic acids is 3. The maximum absolute atomic E-state index is 12.5.